The average Bonchev–Trinajstić information content (AvgIpc) is 2.52. The Kier molecular flexibility index (Phi) is 4.20. The number of rotatable bonds is 4. The Hall–Kier alpha value is -1.03. The van der Waals surface area contributed by atoms with Gasteiger partial charge in [0.05, 0.1) is 5.69 Å². The van der Waals surface area contributed by atoms with Gasteiger partial charge in [-0.05, 0) is 6.42 Å². The van der Waals surface area contributed by atoms with Gasteiger partial charge in [-0.2, -0.15) is 5.10 Å². The van der Waals surface area contributed by atoms with Crippen LogP contribution in [0.5, 0.6) is 0 Å². The van der Waals surface area contributed by atoms with Gasteiger partial charge in [-0.25, -0.2) is 4.79 Å². The number of hydrogen-bond donors (Lipinski definition) is 1. The van der Waals surface area contributed by atoms with E-state index in [9.17, 15) is 9.90 Å². The number of aromatic carboxylic acids is 1. The highest BCUT2D eigenvalue weighted by atomic mass is 35.5. The molecule has 1 aromatic rings. The van der Waals surface area contributed by atoms with Crippen LogP contribution in [-0.4, -0.2) is 20.9 Å². The summed E-state index contributed by atoms with van der Waals surface area (Å²) in [5, 5.41) is 13.8. The molecule has 17 heavy (non-hydrogen) atoms. The number of carbonyl (C=O) groups is 1. The van der Waals surface area contributed by atoms with Crippen molar-refractivity contribution in [2.75, 3.05) is 0 Å². The minimum atomic E-state index is -1.01. The highest BCUT2D eigenvalue weighted by molar-refractivity contribution is 6.32. The maximum absolute atomic E-state index is 11.2. The number of hydrogen-bond acceptors (Lipinski definition) is 2. The second kappa shape index (κ2) is 5.08. The number of unbranched alkanes of at least 4 members (excludes halogenated alkanes) is 1. The molecule has 1 aromatic heterocycles. The number of nitrogens with zero attached hydrogens (tertiary/aromatic N) is 2. The van der Waals surface area contributed by atoms with Crippen LogP contribution >= 0.6 is 11.6 Å². The highest BCUT2D eigenvalue weighted by Gasteiger charge is 2.29. The lowest BCUT2D eigenvalue weighted by atomic mass is 9.89. The number of carboxylic acids is 1. The van der Waals surface area contributed by atoms with Gasteiger partial charge in [-0.15, -0.1) is 0 Å². The van der Waals surface area contributed by atoms with Crippen molar-refractivity contribution in [2.24, 2.45) is 0 Å². The third-order valence-corrected chi connectivity index (χ3v) is 2.92. The number of halogens is 1. The summed E-state index contributed by atoms with van der Waals surface area (Å²) in [6.45, 7) is 8.53. The molecule has 5 heteroatoms. The van der Waals surface area contributed by atoms with Crippen molar-refractivity contribution in [3.63, 3.8) is 0 Å². The molecule has 0 atom stereocenters. The third-order valence-electron chi connectivity index (χ3n) is 2.54. The fourth-order valence-electron chi connectivity index (χ4n) is 1.61. The van der Waals surface area contributed by atoms with Crippen LogP contribution in [-0.2, 0) is 12.0 Å². The topological polar surface area (TPSA) is 55.1 Å². The molecule has 0 radical (unpaired) electrons. The lowest BCUT2D eigenvalue weighted by Gasteiger charge is -2.15. The zero-order valence-electron chi connectivity index (χ0n) is 10.7. The molecule has 0 aliphatic rings. The van der Waals surface area contributed by atoms with E-state index < -0.39 is 5.97 Å². The van der Waals surface area contributed by atoms with Crippen molar-refractivity contribution in [2.45, 2.75) is 52.5 Å². The van der Waals surface area contributed by atoms with Gasteiger partial charge in [0.1, 0.15) is 10.7 Å². The summed E-state index contributed by atoms with van der Waals surface area (Å²) >= 11 is 6.09. The average molecular weight is 259 g/mol. The first-order valence-corrected chi connectivity index (χ1v) is 6.17. The summed E-state index contributed by atoms with van der Waals surface area (Å²) in [4.78, 5) is 11.2. The van der Waals surface area contributed by atoms with Gasteiger partial charge in [-0.1, -0.05) is 45.7 Å². The molecule has 0 spiro atoms. The van der Waals surface area contributed by atoms with Gasteiger partial charge in [0, 0.05) is 12.0 Å². The van der Waals surface area contributed by atoms with Crippen LogP contribution in [0.15, 0.2) is 0 Å². The summed E-state index contributed by atoms with van der Waals surface area (Å²) in [6, 6.07) is 0. The molecule has 0 aliphatic carbocycles. The van der Waals surface area contributed by atoms with Crippen LogP contribution in [0.1, 0.15) is 56.6 Å². The number of carboxylic acid groups (broad SMARTS) is 1. The van der Waals surface area contributed by atoms with E-state index in [1.54, 1.807) is 4.68 Å². The Balaban J connectivity index is 3.25. The van der Waals surface area contributed by atoms with Gasteiger partial charge in [0.15, 0.2) is 0 Å². The standard InChI is InChI=1S/C12H19ClN2O2/c1-5-6-7-15-10(13)8(11(16)17)9(14-15)12(2,3)4/h5-7H2,1-4H3,(H,16,17). The first kappa shape index (κ1) is 14.0. The van der Waals surface area contributed by atoms with Crippen molar-refractivity contribution in [3.05, 3.63) is 16.4 Å². The monoisotopic (exact) mass is 258 g/mol. The molecule has 0 fully saturated rings. The van der Waals surface area contributed by atoms with E-state index in [4.69, 9.17) is 11.6 Å². The predicted molar refractivity (Wildman–Crippen MR) is 67.8 cm³/mol. The SMILES string of the molecule is CCCCn1nc(C(C)(C)C)c(C(=O)O)c1Cl. The summed E-state index contributed by atoms with van der Waals surface area (Å²) in [5.74, 6) is -1.01. The van der Waals surface area contributed by atoms with E-state index in [0.717, 1.165) is 12.8 Å². The summed E-state index contributed by atoms with van der Waals surface area (Å²) in [5.41, 5.74) is 0.357. The molecule has 4 nitrogen and oxygen atoms in total. The Labute approximate surface area is 107 Å². The van der Waals surface area contributed by atoms with Crippen LogP contribution in [0.4, 0.5) is 0 Å². The molecule has 0 aromatic carbocycles. The van der Waals surface area contributed by atoms with E-state index in [2.05, 4.69) is 12.0 Å². The number of aromatic nitrogens is 2. The maximum atomic E-state index is 11.2. The van der Waals surface area contributed by atoms with E-state index in [0.29, 0.717) is 12.2 Å². The molecule has 0 saturated carbocycles. The Morgan fingerprint density at radius 3 is 2.41 bits per heavy atom. The molecule has 1 rings (SSSR count). The molecule has 0 amide bonds. The lowest BCUT2D eigenvalue weighted by molar-refractivity contribution is 0.0694. The molecule has 0 unspecified atom stereocenters. The second-order valence-corrected chi connectivity index (χ2v) is 5.50. The van der Waals surface area contributed by atoms with Crippen LogP contribution in [0, 0.1) is 0 Å². The predicted octanol–water partition coefficient (Wildman–Crippen LogP) is 3.33. The Morgan fingerprint density at radius 1 is 1.47 bits per heavy atom. The Morgan fingerprint density at radius 2 is 2.06 bits per heavy atom. The zero-order valence-corrected chi connectivity index (χ0v) is 11.5. The largest absolute Gasteiger partial charge is 0.478 e. The summed E-state index contributed by atoms with van der Waals surface area (Å²) in [6.07, 6.45) is 1.95. The molecule has 0 saturated heterocycles. The van der Waals surface area contributed by atoms with Crippen molar-refractivity contribution < 1.29 is 9.90 Å². The zero-order chi connectivity index (χ0) is 13.2. The summed E-state index contributed by atoms with van der Waals surface area (Å²) in [7, 11) is 0. The second-order valence-electron chi connectivity index (χ2n) is 5.15. The molecular formula is C12H19ClN2O2. The van der Waals surface area contributed by atoms with Gasteiger partial charge in [-0.3, -0.25) is 4.68 Å². The molecule has 0 bridgehead atoms. The first-order valence-electron chi connectivity index (χ1n) is 5.79. The van der Waals surface area contributed by atoms with Crippen LogP contribution in [0.3, 0.4) is 0 Å². The number of aryl methyl sites for hydroxylation is 1. The van der Waals surface area contributed by atoms with Crippen molar-refractivity contribution in [1.29, 1.82) is 0 Å². The van der Waals surface area contributed by atoms with Crippen molar-refractivity contribution in [1.82, 2.24) is 9.78 Å². The normalized spacial score (nSPS) is 11.8. The molecular weight excluding hydrogens is 240 g/mol. The fourth-order valence-corrected chi connectivity index (χ4v) is 1.90. The molecule has 0 aliphatic heterocycles. The van der Waals surface area contributed by atoms with Crippen molar-refractivity contribution >= 4 is 17.6 Å². The Bertz CT molecular complexity index is 419. The molecule has 1 heterocycles. The lowest BCUT2D eigenvalue weighted by Crippen LogP contribution is -2.16. The highest BCUT2D eigenvalue weighted by Crippen LogP contribution is 2.30. The summed E-state index contributed by atoms with van der Waals surface area (Å²) < 4.78 is 1.59. The smallest absolute Gasteiger partial charge is 0.340 e. The quantitative estimate of drug-likeness (QED) is 0.901. The maximum Gasteiger partial charge on any atom is 0.340 e. The van der Waals surface area contributed by atoms with Gasteiger partial charge in [0.25, 0.3) is 0 Å². The van der Waals surface area contributed by atoms with E-state index >= 15 is 0 Å². The van der Waals surface area contributed by atoms with Crippen LogP contribution in [0.2, 0.25) is 5.15 Å². The van der Waals surface area contributed by atoms with E-state index in [1.807, 2.05) is 20.8 Å². The van der Waals surface area contributed by atoms with Crippen LogP contribution in [0.25, 0.3) is 0 Å². The van der Waals surface area contributed by atoms with E-state index in [1.165, 1.54) is 0 Å². The van der Waals surface area contributed by atoms with E-state index in [-0.39, 0.29) is 16.1 Å². The van der Waals surface area contributed by atoms with Gasteiger partial charge in [0.2, 0.25) is 0 Å². The van der Waals surface area contributed by atoms with Gasteiger partial charge < -0.3 is 5.11 Å². The van der Waals surface area contributed by atoms with Gasteiger partial charge >= 0.3 is 5.97 Å². The third kappa shape index (κ3) is 3.00. The van der Waals surface area contributed by atoms with Crippen molar-refractivity contribution in [3.8, 4) is 0 Å². The van der Waals surface area contributed by atoms with Crippen LogP contribution < -0.4 is 0 Å². The minimum absolute atomic E-state index is 0.135. The fraction of sp³-hybridized carbons (Fsp3) is 0.667. The molecule has 1 N–H and O–H groups in total. The first-order chi connectivity index (χ1) is 7.79. The minimum Gasteiger partial charge on any atom is -0.478 e. The molecule has 96 valence electrons.